The van der Waals surface area contributed by atoms with Crippen LogP contribution in [0.4, 0.5) is 0 Å². The molecule has 0 aliphatic carbocycles. The van der Waals surface area contributed by atoms with Crippen LogP contribution in [-0.2, 0) is 13.1 Å². The fourth-order valence-corrected chi connectivity index (χ4v) is 2.41. The summed E-state index contributed by atoms with van der Waals surface area (Å²) in [6.45, 7) is 2.62. The number of aromatic nitrogens is 3. The van der Waals surface area contributed by atoms with Crippen LogP contribution in [0.3, 0.4) is 0 Å². The van der Waals surface area contributed by atoms with Crippen LogP contribution >= 0.6 is 11.6 Å². The quantitative estimate of drug-likeness (QED) is 0.480. The Labute approximate surface area is 142 Å². The van der Waals surface area contributed by atoms with E-state index in [-0.39, 0.29) is 0 Å². The van der Waals surface area contributed by atoms with Crippen LogP contribution in [0.15, 0.2) is 41.9 Å². The third kappa shape index (κ3) is 5.90. The van der Waals surface area contributed by atoms with Crippen molar-refractivity contribution in [1.29, 1.82) is 0 Å². The number of hydrogen-bond donors (Lipinski definition) is 1. The molecule has 1 heterocycles. The summed E-state index contributed by atoms with van der Waals surface area (Å²) in [5.74, 6) is 0.893. The maximum absolute atomic E-state index is 5.91. The fraction of sp³-hybridized carbons (Fsp3) is 0.438. The van der Waals surface area contributed by atoms with Gasteiger partial charge in [-0.15, -0.1) is 10.2 Å². The molecule has 0 bridgehead atoms. The number of nitrogens with one attached hydrogen (secondary N) is 1. The molecule has 23 heavy (non-hydrogen) atoms. The molecule has 1 aromatic carbocycles. The third-order valence-corrected chi connectivity index (χ3v) is 3.75. The Kier molecular flexibility index (Phi) is 6.87. The van der Waals surface area contributed by atoms with Gasteiger partial charge in [-0.25, -0.2) is 0 Å². The minimum Gasteiger partial charge on any atom is -0.356 e. The van der Waals surface area contributed by atoms with Crippen LogP contribution in [0.5, 0.6) is 0 Å². The smallest absolute Gasteiger partial charge is 0.193 e. The molecule has 0 unspecified atom stereocenters. The van der Waals surface area contributed by atoms with Gasteiger partial charge in [0.2, 0.25) is 0 Å². The summed E-state index contributed by atoms with van der Waals surface area (Å²) in [4.78, 5) is 6.43. The van der Waals surface area contributed by atoms with E-state index in [1.54, 1.807) is 19.7 Å². The fourth-order valence-electron chi connectivity index (χ4n) is 2.28. The van der Waals surface area contributed by atoms with E-state index in [1.807, 2.05) is 35.9 Å². The van der Waals surface area contributed by atoms with E-state index in [4.69, 9.17) is 11.6 Å². The molecule has 6 nitrogen and oxygen atoms in total. The van der Waals surface area contributed by atoms with Crippen LogP contribution in [0, 0.1) is 0 Å². The monoisotopic (exact) mass is 334 g/mol. The molecule has 2 rings (SSSR count). The van der Waals surface area contributed by atoms with Gasteiger partial charge in [0, 0.05) is 38.8 Å². The molecule has 0 aliphatic rings. The van der Waals surface area contributed by atoms with Crippen molar-refractivity contribution in [3.05, 3.63) is 47.5 Å². The van der Waals surface area contributed by atoms with Crippen LogP contribution < -0.4 is 5.32 Å². The highest BCUT2D eigenvalue weighted by Gasteiger charge is 2.06. The molecule has 0 saturated carbocycles. The predicted molar refractivity (Wildman–Crippen MR) is 93.5 cm³/mol. The Bertz CT molecular complexity index is 594. The number of nitrogens with zero attached hydrogens (tertiary/aromatic N) is 5. The molecule has 124 valence electrons. The van der Waals surface area contributed by atoms with Crippen molar-refractivity contribution in [2.75, 3.05) is 20.6 Å². The highest BCUT2D eigenvalue weighted by molar-refractivity contribution is 6.30. The van der Waals surface area contributed by atoms with Crippen molar-refractivity contribution in [2.45, 2.75) is 25.9 Å². The first kappa shape index (κ1) is 17.3. The largest absolute Gasteiger partial charge is 0.356 e. The lowest BCUT2D eigenvalue weighted by molar-refractivity contribution is 0.473. The summed E-state index contributed by atoms with van der Waals surface area (Å²) in [7, 11) is 3.83. The van der Waals surface area contributed by atoms with Gasteiger partial charge in [0.05, 0.1) is 0 Å². The van der Waals surface area contributed by atoms with Crippen LogP contribution in [0.2, 0.25) is 5.02 Å². The van der Waals surface area contributed by atoms with Crippen LogP contribution in [0.1, 0.15) is 18.4 Å². The second-order valence-corrected chi connectivity index (χ2v) is 5.80. The molecule has 0 saturated heterocycles. The van der Waals surface area contributed by atoms with Gasteiger partial charge in [-0.3, -0.25) is 4.99 Å². The van der Waals surface area contributed by atoms with Crippen molar-refractivity contribution in [3.63, 3.8) is 0 Å². The number of hydrogen-bond acceptors (Lipinski definition) is 3. The Balaban J connectivity index is 1.70. The van der Waals surface area contributed by atoms with Crippen molar-refractivity contribution in [3.8, 4) is 0 Å². The van der Waals surface area contributed by atoms with Gasteiger partial charge < -0.3 is 14.8 Å². The zero-order valence-electron chi connectivity index (χ0n) is 13.6. The average Bonchev–Trinajstić information content (AvgIpc) is 3.06. The van der Waals surface area contributed by atoms with E-state index in [0.29, 0.717) is 0 Å². The SMILES string of the molecule is CN=C(NCCCCn1cnnc1)N(C)Cc1ccc(Cl)cc1. The Hall–Kier alpha value is -2.08. The number of aliphatic imine (C=N–C) groups is 1. The number of guanidine groups is 1. The van der Waals surface area contributed by atoms with E-state index in [1.165, 1.54) is 5.56 Å². The molecule has 1 aromatic heterocycles. The second-order valence-electron chi connectivity index (χ2n) is 5.36. The predicted octanol–water partition coefficient (Wildman–Crippen LogP) is 2.42. The summed E-state index contributed by atoms with van der Waals surface area (Å²) in [5, 5.41) is 11.7. The lowest BCUT2D eigenvalue weighted by atomic mass is 10.2. The molecule has 0 aliphatic heterocycles. The number of halogens is 1. The molecule has 0 radical (unpaired) electrons. The lowest BCUT2D eigenvalue weighted by Gasteiger charge is -2.22. The normalized spacial score (nSPS) is 11.5. The summed E-state index contributed by atoms with van der Waals surface area (Å²) < 4.78 is 1.99. The number of aryl methyl sites for hydroxylation is 1. The molecule has 7 heteroatoms. The molecule has 1 N–H and O–H groups in total. The minimum absolute atomic E-state index is 0.756. The van der Waals surface area contributed by atoms with E-state index in [0.717, 1.165) is 43.5 Å². The minimum atomic E-state index is 0.756. The van der Waals surface area contributed by atoms with Gasteiger partial charge in [0.25, 0.3) is 0 Å². The maximum Gasteiger partial charge on any atom is 0.193 e. The Morgan fingerprint density at radius 3 is 2.57 bits per heavy atom. The van der Waals surface area contributed by atoms with Crippen molar-refractivity contribution < 1.29 is 0 Å². The standard InChI is InChI=1S/C16H23ClN6/c1-18-16(19-9-3-4-10-23-12-20-21-13-23)22(2)11-14-5-7-15(17)8-6-14/h5-8,12-13H,3-4,9-11H2,1-2H3,(H,18,19). The van der Waals surface area contributed by atoms with Crippen molar-refractivity contribution in [1.82, 2.24) is 25.0 Å². The highest BCUT2D eigenvalue weighted by Crippen LogP contribution is 2.11. The first-order valence-corrected chi connectivity index (χ1v) is 8.05. The molecule has 2 aromatic rings. The Morgan fingerprint density at radius 1 is 1.22 bits per heavy atom. The number of unbranched alkanes of at least 4 members (excludes halogenated alkanes) is 1. The topological polar surface area (TPSA) is 58.3 Å². The Morgan fingerprint density at radius 2 is 1.91 bits per heavy atom. The van der Waals surface area contributed by atoms with E-state index in [9.17, 15) is 0 Å². The van der Waals surface area contributed by atoms with E-state index in [2.05, 4.69) is 25.4 Å². The number of rotatable bonds is 7. The molecule has 0 amide bonds. The highest BCUT2D eigenvalue weighted by atomic mass is 35.5. The first-order chi connectivity index (χ1) is 11.2. The van der Waals surface area contributed by atoms with Crippen LogP contribution in [0.25, 0.3) is 0 Å². The van der Waals surface area contributed by atoms with Gasteiger partial charge in [0.15, 0.2) is 5.96 Å². The second kappa shape index (κ2) is 9.15. The number of benzene rings is 1. The van der Waals surface area contributed by atoms with Crippen LogP contribution in [-0.4, -0.2) is 46.3 Å². The van der Waals surface area contributed by atoms with Gasteiger partial charge in [-0.1, -0.05) is 23.7 Å². The average molecular weight is 335 g/mol. The molecular formula is C16H23ClN6. The lowest BCUT2D eigenvalue weighted by Crippen LogP contribution is -2.38. The van der Waals surface area contributed by atoms with Crippen molar-refractivity contribution >= 4 is 17.6 Å². The van der Waals surface area contributed by atoms with E-state index < -0.39 is 0 Å². The zero-order chi connectivity index (χ0) is 16.5. The third-order valence-electron chi connectivity index (χ3n) is 3.50. The van der Waals surface area contributed by atoms with Crippen molar-refractivity contribution in [2.24, 2.45) is 4.99 Å². The summed E-state index contributed by atoms with van der Waals surface area (Å²) in [6, 6.07) is 7.88. The summed E-state index contributed by atoms with van der Waals surface area (Å²) >= 11 is 5.91. The summed E-state index contributed by atoms with van der Waals surface area (Å²) in [5.41, 5.74) is 1.20. The molecule has 0 spiro atoms. The molecular weight excluding hydrogens is 312 g/mol. The van der Waals surface area contributed by atoms with E-state index >= 15 is 0 Å². The molecule has 0 fully saturated rings. The maximum atomic E-state index is 5.91. The summed E-state index contributed by atoms with van der Waals surface area (Å²) in [6.07, 6.45) is 5.62. The van der Waals surface area contributed by atoms with Gasteiger partial charge >= 0.3 is 0 Å². The first-order valence-electron chi connectivity index (χ1n) is 7.67. The van der Waals surface area contributed by atoms with Gasteiger partial charge in [-0.2, -0.15) is 0 Å². The zero-order valence-corrected chi connectivity index (χ0v) is 14.4. The van der Waals surface area contributed by atoms with Gasteiger partial charge in [-0.05, 0) is 30.5 Å². The van der Waals surface area contributed by atoms with Gasteiger partial charge in [0.1, 0.15) is 12.7 Å². The molecule has 0 atom stereocenters.